The molecule has 0 saturated heterocycles. The maximum absolute atomic E-state index is 3.46. The molecular formula is C14H25N3. The number of hydrogen-bond acceptors (Lipinski definition) is 3. The van der Waals surface area contributed by atoms with Crippen LogP contribution in [0.15, 0.2) is 24.3 Å². The maximum atomic E-state index is 3.46. The lowest BCUT2D eigenvalue weighted by Gasteiger charge is -2.21. The predicted octanol–water partition coefficient (Wildman–Crippen LogP) is 2.55. The van der Waals surface area contributed by atoms with Crippen LogP contribution in [0.1, 0.15) is 20.8 Å². The molecular weight excluding hydrogens is 210 g/mol. The molecule has 0 aromatic heterocycles. The smallest absolute Gasteiger partial charge is 0.0381 e. The van der Waals surface area contributed by atoms with Crippen LogP contribution in [0.5, 0.6) is 0 Å². The first kappa shape index (κ1) is 13.8. The van der Waals surface area contributed by atoms with E-state index in [1.54, 1.807) is 0 Å². The third-order valence-corrected chi connectivity index (χ3v) is 2.47. The quantitative estimate of drug-likeness (QED) is 0.768. The molecule has 1 aromatic rings. The van der Waals surface area contributed by atoms with Gasteiger partial charge in [-0.25, -0.2) is 0 Å². The van der Waals surface area contributed by atoms with Gasteiger partial charge in [0.25, 0.3) is 0 Å². The Hall–Kier alpha value is -1.22. The van der Waals surface area contributed by atoms with Gasteiger partial charge in [0.15, 0.2) is 0 Å². The van der Waals surface area contributed by atoms with Crippen LogP contribution in [-0.4, -0.2) is 32.7 Å². The fourth-order valence-corrected chi connectivity index (χ4v) is 1.54. The second kappa shape index (κ2) is 5.92. The van der Waals surface area contributed by atoms with Crippen LogP contribution in [-0.2, 0) is 0 Å². The summed E-state index contributed by atoms with van der Waals surface area (Å²) in [5.74, 6) is 0. The van der Waals surface area contributed by atoms with Crippen LogP contribution in [0, 0.1) is 0 Å². The molecule has 0 atom stereocenters. The minimum absolute atomic E-state index is 0.188. The Kier molecular flexibility index (Phi) is 4.82. The molecule has 0 heterocycles. The van der Waals surface area contributed by atoms with Crippen molar-refractivity contribution >= 4 is 11.4 Å². The third kappa shape index (κ3) is 5.59. The Morgan fingerprint density at radius 1 is 1.12 bits per heavy atom. The van der Waals surface area contributed by atoms with Crippen molar-refractivity contribution in [2.24, 2.45) is 0 Å². The van der Waals surface area contributed by atoms with Crippen LogP contribution in [0.2, 0.25) is 0 Å². The highest BCUT2D eigenvalue weighted by Crippen LogP contribution is 2.16. The zero-order valence-electron chi connectivity index (χ0n) is 11.7. The summed E-state index contributed by atoms with van der Waals surface area (Å²) in [5.41, 5.74) is 2.58. The molecule has 0 aliphatic heterocycles. The van der Waals surface area contributed by atoms with Crippen LogP contribution >= 0.6 is 0 Å². The standard InChI is InChI=1S/C14H25N3/c1-14(2,3)16-10-9-15-12-7-6-8-13(11-12)17(4)5/h6-8,11,15-16H,9-10H2,1-5H3. The molecule has 0 saturated carbocycles. The van der Waals surface area contributed by atoms with E-state index < -0.39 is 0 Å². The SMILES string of the molecule is CN(C)c1cccc(NCCNC(C)(C)C)c1. The fourth-order valence-electron chi connectivity index (χ4n) is 1.54. The molecule has 17 heavy (non-hydrogen) atoms. The van der Waals surface area contributed by atoms with Gasteiger partial charge in [0.2, 0.25) is 0 Å². The molecule has 0 aliphatic carbocycles. The Labute approximate surface area is 105 Å². The van der Waals surface area contributed by atoms with E-state index in [0.29, 0.717) is 0 Å². The Morgan fingerprint density at radius 3 is 2.41 bits per heavy atom. The fraction of sp³-hybridized carbons (Fsp3) is 0.571. The number of rotatable bonds is 5. The average molecular weight is 235 g/mol. The highest BCUT2D eigenvalue weighted by Gasteiger charge is 2.06. The molecule has 3 nitrogen and oxygen atoms in total. The second-order valence-corrected chi connectivity index (χ2v) is 5.55. The molecule has 0 amide bonds. The van der Waals surface area contributed by atoms with Gasteiger partial charge < -0.3 is 15.5 Å². The van der Waals surface area contributed by atoms with E-state index in [4.69, 9.17) is 0 Å². The number of benzene rings is 1. The van der Waals surface area contributed by atoms with E-state index in [1.165, 1.54) is 11.4 Å². The minimum Gasteiger partial charge on any atom is -0.384 e. The van der Waals surface area contributed by atoms with E-state index in [0.717, 1.165) is 13.1 Å². The summed E-state index contributed by atoms with van der Waals surface area (Å²) in [7, 11) is 4.11. The molecule has 3 heteroatoms. The molecule has 0 spiro atoms. The second-order valence-electron chi connectivity index (χ2n) is 5.55. The van der Waals surface area contributed by atoms with Crippen molar-refractivity contribution in [3.63, 3.8) is 0 Å². The van der Waals surface area contributed by atoms with Crippen molar-refractivity contribution in [2.45, 2.75) is 26.3 Å². The lowest BCUT2D eigenvalue weighted by molar-refractivity contribution is 0.435. The van der Waals surface area contributed by atoms with Crippen LogP contribution in [0.4, 0.5) is 11.4 Å². The number of nitrogens with one attached hydrogen (secondary N) is 2. The first-order chi connectivity index (χ1) is 7.88. The van der Waals surface area contributed by atoms with Gasteiger partial charge in [0, 0.05) is 44.1 Å². The van der Waals surface area contributed by atoms with Gasteiger partial charge >= 0.3 is 0 Å². The highest BCUT2D eigenvalue weighted by atomic mass is 15.1. The van der Waals surface area contributed by atoms with Gasteiger partial charge in [-0.1, -0.05) is 6.07 Å². The van der Waals surface area contributed by atoms with Crippen molar-refractivity contribution < 1.29 is 0 Å². The Balaban J connectivity index is 2.39. The molecule has 1 rings (SSSR count). The van der Waals surface area contributed by atoms with Crippen molar-refractivity contribution in [1.82, 2.24) is 5.32 Å². The first-order valence-electron chi connectivity index (χ1n) is 6.15. The topological polar surface area (TPSA) is 27.3 Å². The lowest BCUT2D eigenvalue weighted by atomic mass is 10.1. The van der Waals surface area contributed by atoms with E-state index in [9.17, 15) is 0 Å². The summed E-state index contributed by atoms with van der Waals surface area (Å²) in [6, 6.07) is 8.45. The van der Waals surface area contributed by atoms with E-state index in [1.807, 2.05) is 0 Å². The highest BCUT2D eigenvalue weighted by molar-refractivity contribution is 5.57. The van der Waals surface area contributed by atoms with Crippen molar-refractivity contribution in [1.29, 1.82) is 0 Å². The van der Waals surface area contributed by atoms with Crippen molar-refractivity contribution in [3.05, 3.63) is 24.3 Å². The zero-order chi connectivity index (χ0) is 12.9. The van der Waals surface area contributed by atoms with Gasteiger partial charge in [-0.15, -0.1) is 0 Å². The maximum Gasteiger partial charge on any atom is 0.0381 e. The number of nitrogens with zero attached hydrogens (tertiary/aromatic N) is 1. The number of hydrogen-bond donors (Lipinski definition) is 2. The number of anilines is 2. The minimum atomic E-state index is 0.188. The third-order valence-electron chi connectivity index (χ3n) is 2.47. The van der Waals surface area contributed by atoms with Gasteiger partial charge in [-0.3, -0.25) is 0 Å². The van der Waals surface area contributed by atoms with Crippen molar-refractivity contribution in [2.75, 3.05) is 37.4 Å². The Bertz CT molecular complexity index is 340. The Morgan fingerprint density at radius 2 is 1.82 bits per heavy atom. The monoisotopic (exact) mass is 235 g/mol. The van der Waals surface area contributed by atoms with Gasteiger partial charge in [-0.2, -0.15) is 0 Å². The van der Waals surface area contributed by atoms with Crippen LogP contribution < -0.4 is 15.5 Å². The van der Waals surface area contributed by atoms with Crippen LogP contribution in [0.25, 0.3) is 0 Å². The molecule has 0 bridgehead atoms. The zero-order valence-corrected chi connectivity index (χ0v) is 11.7. The first-order valence-corrected chi connectivity index (χ1v) is 6.15. The van der Waals surface area contributed by atoms with Gasteiger partial charge in [0.05, 0.1) is 0 Å². The lowest BCUT2D eigenvalue weighted by Crippen LogP contribution is -2.38. The summed E-state index contributed by atoms with van der Waals surface area (Å²) in [6.07, 6.45) is 0. The molecule has 96 valence electrons. The summed E-state index contributed by atoms with van der Waals surface area (Å²) in [4.78, 5) is 2.11. The predicted molar refractivity (Wildman–Crippen MR) is 77.0 cm³/mol. The average Bonchev–Trinajstić information content (AvgIpc) is 2.23. The molecule has 2 N–H and O–H groups in total. The summed E-state index contributed by atoms with van der Waals surface area (Å²) < 4.78 is 0. The summed E-state index contributed by atoms with van der Waals surface area (Å²) in [6.45, 7) is 8.45. The normalized spacial score (nSPS) is 11.4. The molecule has 0 radical (unpaired) electrons. The van der Waals surface area contributed by atoms with E-state index in [-0.39, 0.29) is 5.54 Å². The van der Waals surface area contributed by atoms with Crippen molar-refractivity contribution in [3.8, 4) is 0 Å². The molecule has 0 unspecified atom stereocenters. The van der Waals surface area contributed by atoms with E-state index >= 15 is 0 Å². The van der Waals surface area contributed by atoms with Crippen LogP contribution in [0.3, 0.4) is 0 Å². The molecule has 0 fully saturated rings. The summed E-state index contributed by atoms with van der Waals surface area (Å²) >= 11 is 0. The summed E-state index contributed by atoms with van der Waals surface area (Å²) in [5, 5.41) is 6.88. The molecule has 0 aliphatic rings. The van der Waals surface area contributed by atoms with Gasteiger partial charge in [-0.05, 0) is 39.0 Å². The largest absolute Gasteiger partial charge is 0.384 e. The molecule has 1 aromatic carbocycles. The van der Waals surface area contributed by atoms with E-state index in [2.05, 4.69) is 74.7 Å². The van der Waals surface area contributed by atoms with Gasteiger partial charge in [0.1, 0.15) is 0 Å².